The molecule has 0 bridgehead atoms. The van der Waals surface area contributed by atoms with Crippen LogP contribution in [0.1, 0.15) is 22.6 Å². The quantitative estimate of drug-likeness (QED) is 0.407. The van der Waals surface area contributed by atoms with Crippen molar-refractivity contribution in [3.63, 3.8) is 0 Å². The van der Waals surface area contributed by atoms with Crippen LogP contribution >= 0.6 is 11.3 Å². The molecule has 1 unspecified atom stereocenters. The Balaban J connectivity index is 1.32. The summed E-state index contributed by atoms with van der Waals surface area (Å²) in [5.41, 5.74) is 1.84. The summed E-state index contributed by atoms with van der Waals surface area (Å²) in [6.07, 6.45) is 3.59. The molecule has 4 aromatic rings. The number of aromatic amines is 1. The van der Waals surface area contributed by atoms with Crippen LogP contribution in [-0.4, -0.2) is 33.5 Å². The molecule has 0 radical (unpaired) electrons. The lowest BCUT2D eigenvalue weighted by Crippen LogP contribution is -2.28. The van der Waals surface area contributed by atoms with Gasteiger partial charge in [0, 0.05) is 29.3 Å². The van der Waals surface area contributed by atoms with Crippen molar-refractivity contribution in [1.82, 2.24) is 15.1 Å². The molecule has 0 saturated carbocycles. The molecule has 1 fully saturated rings. The van der Waals surface area contributed by atoms with E-state index in [0.717, 1.165) is 10.4 Å². The largest absolute Gasteiger partial charge is 0.337 e. The third kappa shape index (κ3) is 4.60. The number of benzene rings is 2. The number of H-pyrrole nitrogens is 1. The topological polar surface area (TPSA) is 78.1 Å². The van der Waals surface area contributed by atoms with Gasteiger partial charge in [-0.25, -0.2) is 8.78 Å². The first-order valence-corrected chi connectivity index (χ1v) is 11.6. The number of hydrogen-bond acceptors (Lipinski definition) is 4. The summed E-state index contributed by atoms with van der Waals surface area (Å²) in [4.78, 5) is 27.9. The van der Waals surface area contributed by atoms with Gasteiger partial charge in [0.05, 0.1) is 29.4 Å². The zero-order chi connectivity index (χ0) is 23.7. The average molecular weight is 479 g/mol. The Morgan fingerprint density at radius 3 is 2.79 bits per heavy atom. The van der Waals surface area contributed by atoms with Gasteiger partial charge in [0.15, 0.2) is 0 Å². The van der Waals surface area contributed by atoms with Gasteiger partial charge in [-0.2, -0.15) is 5.10 Å². The fourth-order valence-corrected chi connectivity index (χ4v) is 4.68. The second kappa shape index (κ2) is 9.18. The molecule has 3 heterocycles. The molecule has 0 spiro atoms. The molecule has 34 heavy (non-hydrogen) atoms. The summed E-state index contributed by atoms with van der Waals surface area (Å²) in [5, 5.41) is 12.2. The summed E-state index contributed by atoms with van der Waals surface area (Å²) >= 11 is 1.56. The molecule has 5 rings (SSSR count). The van der Waals surface area contributed by atoms with Crippen LogP contribution in [0.25, 0.3) is 23.1 Å². The number of amides is 2. The lowest BCUT2D eigenvalue weighted by molar-refractivity contribution is -0.128. The summed E-state index contributed by atoms with van der Waals surface area (Å²) in [6.45, 7) is 0.767. The minimum Gasteiger partial charge on any atom is -0.337 e. The first-order chi connectivity index (χ1) is 16.5. The van der Waals surface area contributed by atoms with Gasteiger partial charge < -0.3 is 10.2 Å². The van der Waals surface area contributed by atoms with E-state index in [0.29, 0.717) is 29.7 Å². The lowest BCUT2D eigenvalue weighted by Gasteiger charge is -2.15. The molecule has 0 aliphatic carbocycles. The second-order valence-electron chi connectivity index (χ2n) is 8.12. The number of anilines is 1. The Kier molecular flexibility index (Phi) is 5.93. The Bertz CT molecular complexity index is 1380. The van der Waals surface area contributed by atoms with E-state index in [-0.39, 0.29) is 23.8 Å². The van der Waals surface area contributed by atoms with Crippen LogP contribution in [0, 0.1) is 17.6 Å². The van der Waals surface area contributed by atoms with Crippen LogP contribution in [0.2, 0.25) is 0 Å². The van der Waals surface area contributed by atoms with Gasteiger partial charge in [0.25, 0.3) is 0 Å². The van der Waals surface area contributed by atoms with E-state index < -0.39 is 17.6 Å². The summed E-state index contributed by atoms with van der Waals surface area (Å²) in [7, 11) is 0. The van der Waals surface area contributed by atoms with Crippen LogP contribution < -0.4 is 5.32 Å². The summed E-state index contributed by atoms with van der Waals surface area (Å²) in [6, 6.07) is 12.7. The van der Waals surface area contributed by atoms with Crippen molar-refractivity contribution in [2.45, 2.75) is 13.0 Å². The molecule has 1 atom stereocenters. The second-order valence-corrected chi connectivity index (χ2v) is 9.15. The van der Waals surface area contributed by atoms with Gasteiger partial charge >= 0.3 is 0 Å². The van der Waals surface area contributed by atoms with Gasteiger partial charge in [0.2, 0.25) is 11.8 Å². The smallest absolute Gasteiger partial charge is 0.229 e. The molecular weight excluding hydrogens is 458 g/mol. The SMILES string of the molecule is O=C(Nc1cc2c(/C=C/c3ccc(F)cc3)n[nH]c2cc1F)C1CC(=O)N(Cc2cccs2)C1. The highest BCUT2D eigenvalue weighted by molar-refractivity contribution is 7.09. The number of likely N-dealkylation sites (tertiary alicyclic amines) is 1. The van der Waals surface area contributed by atoms with E-state index in [4.69, 9.17) is 0 Å². The van der Waals surface area contributed by atoms with E-state index >= 15 is 0 Å². The minimum absolute atomic E-state index is 0.0273. The number of aromatic nitrogens is 2. The first kappa shape index (κ1) is 22.0. The fraction of sp³-hybridized carbons (Fsp3) is 0.160. The lowest BCUT2D eigenvalue weighted by atomic mass is 10.1. The van der Waals surface area contributed by atoms with Crippen molar-refractivity contribution in [3.05, 3.63) is 81.7 Å². The van der Waals surface area contributed by atoms with Crippen molar-refractivity contribution in [2.75, 3.05) is 11.9 Å². The number of carbonyl (C=O) groups is 2. The van der Waals surface area contributed by atoms with E-state index in [1.165, 1.54) is 24.3 Å². The fourth-order valence-electron chi connectivity index (χ4n) is 3.96. The van der Waals surface area contributed by atoms with Gasteiger partial charge in [-0.15, -0.1) is 11.3 Å². The number of nitrogens with zero attached hydrogens (tertiary/aromatic N) is 2. The van der Waals surface area contributed by atoms with E-state index in [9.17, 15) is 18.4 Å². The molecule has 1 aliphatic heterocycles. The van der Waals surface area contributed by atoms with Crippen molar-refractivity contribution < 1.29 is 18.4 Å². The Morgan fingerprint density at radius 1 is 1.21 bits per heavy atom. The summed E-state index contributed by atoms with van der Waals surface area (Å²) < 4.78 is 27.8. The Morgan fingerprint density at radius 2 is 2.03 bits per heavy atom. The van der Waals surface area contributed by atoms with Crippen molar-refractivity contribution in [1.29, 1.82) is 0 Å². The maximum atomic E-state index is 14.7. The van der Waals surface area contributed by atoms with Crippen LogP contribution in [-0.2, 0) is 16.1 Å². The predicted molar refractivity (Wildman–Crippen MR) is 128 cm³/mol. The molecule has 1 saturated heterocycles. The average Bonchev–Trinajstić information content (AvgIpc) is 3.55. The van der Waals surface area contributed by atoms with Gasteiger partial charge in [-0.3, -0.25) is 14.7 Å². The molecule has 1 aliphatic rings. The van der Waals surface area contributed by atoms with Gasteiger partial charge in [-0.1, -0.05) is 24.3 Å². The highest BCUT2D eigenvalue weighted by Gasteiger charge is 2.34. The third-order valence-corrected chi connectivity index (χ3v) is 6.61. The Labute approximate surface area is 197 Å². The minimum atomic E-state index is -0.599. The highest BCUT2D eigenvalue weighted by atomic mass is 32.1. The van der Waals surface area contributed by atoms with Crippen LogP contribution in [0.4, 0.5) is 14.5 Å². The molecular formula is C25H20F2N4O2S. The molecule has 2 aromatic heterocycles. The number of fused-ring (bicyclic) bond motifs is 1. The monoisotopic (exact) mass is 478 g/mol. The van der Waals surface area contributed by atoms with Gasteiger partial charge in [0.1, 0.15) is 11.6 Å². The standard InChI is InChI=1S/C25H20F2N4O2S/c26-17-6-3-15(4-7-17)5-8-21-19-11-23(20(27)12-22(19)30-29-21)28-25(33)16-10-24(32)31(13-16)14-18-2-1-9-34-18/h1-9,11-12,16H,10,13-14H2,(H,28,33)(H,29,30)/b8-5+. The summed E-state index contributed by atoms with van der Waals surface area (Å²) in [5.74, 6) is -1.96. The molecule has 2 amide bonds. The third-order valence-electron chi connectivity index (χ3n) is 5.75. The predicted octanol–water partition coefficient (Wildman–Crippen LogP) is 5.06. The number of rotatable bonds is 6. The molecule has 9 heteroatoms. The van der Waals surface area contributed by atoms with Gasteiger partial charge in [-0.05, 0) is 41.3 Å². The normalized spacial score (nSPS) is 16.1. The maximum Gasteiger partial charge on any atom is 0.229 e. The highest BCUT2D eigenvalue weighted by Crippen LogP contribution is 2.28. The van der Waals surface area contributed by atoms with Crippen LogP contribution in [0.3, 0.4) is 0 Å². The molecule has 172 valence electrons. The van der Waals surface area contributed by atoms with Crippen molar-refractivity contribution in [2.24, 2.45) is 5.92 Å². The van der Waals surface area contributed by atoms with Crippen molar-refractivity contribution in [3.8, 4) is 0 Å². The number of nitrogens with one attached hydrogen (secondary N) is 2. The number of carbonyl (C=O) groups excluding carboxylic acids is 2. The zero-order valence-electron chi connectivity index (χ0n) is 17.9. The number of thiophene rings is 1. The van der Waals surface area contributed by atoms with Crippen LogP contribution in [0.15, 0.2) is 53.9 Å². The molecule has 6 nitrogen and oxygen atoms in total. The maximum absolute atomic E-state index is 14.7. The number of halogens is 2. The van der Waals surface area contributed by atoms with E-state index in [1.54, 1.807) is 40.5 Å². The molecule has 2 aromatic carbocycles. The first-order valence-electron chi connectivity index (χ1n) is 10.7. The molecule has 2 N–H and O–H groups in total. The van der Waals surface area contributed by atoms with Crippen molar-refractivity contribution >= 4 is 51.9 Å². The Hall–Kier alpha value is -3.85. The van der Waals surface area contributed by atoms with E-state index in [1.807, 2.05) is 17.5 Å². The zero-order valence-corrected chi connectivity index (χ0v) is 18.7. The van der Waals surface area contributed by atoms with Crippen LogP contribution in [0.5, 0.6) is 0 Å². The number of hydrogen-bond donors (Lipinski definition) is 2. The van der Waals surface area contributed by atoms with E-state index in [2.05, 4.69) is 15.5 Å².